The molecule has 2 aliphatic carbocycles. The van der Waals surface area contributed by atoms with Crippen molar-refractivity contribution in [3.8, 4) is 11.5 Å². The first-order valence-electron chi connectivity index (χ1n) is 11.7. The Morgan fingerprint density at radius 3 is 2.26 bits per heavy atom. The molecule has 35 heavy (non-hydrogen) atoms. The van der Waals surface area contributed by atoms with Gasteiger partial charge in [0.25, 0.3) is 0 Å². The number of aromatic hydroxyl groups is 2. The lowest BCUT2D eigenvalue weighted by atomic mass is 9.71. The van der Waals surface area contributed by atoms with Gasteiger partial charge in [-0.15, -0.1) is 0 Å². The molecule has 1 saturated heterocycles. The predicted molar refractivity (Wildman–Crippen MR) is 124 cm³/mol. The number of hydrogen-bond acceptors (Lipinski definition) is 9. The molecule has 0 spiro atoms. The molecule has 0 aromatic heterocycles. The molecule has 1 aliphatic heterocycles. The number of Topliss-reactive ketones (excluding diaryl/α,β-unsaturated/α-hetero) is 1. The molecule has 9 heteroatoms. The van der Waals surface area contributed by atoms with Gasteiger partial charge in [0.1, 0.15) is 17.3 Å². The van der Waals surface area contributed by atoms with Gasteiger partial charge < -0.3 is 31.2 Å². The lowest BCUT2D eigenvalue weighted by Gasteiger charge is -2.41. The molecule has 0 saturated carbocycles. The van der Waals surface area contributed by atoms with Gasteiger partial charge in [-0.2, -0.15) is 0 Å². The summed E-state index contributed by atoms with van der Waals surface area (Å²) in [6.07, 6.45) is -0.981. The summed E-state index contributed by atoms with van der Waals surface area (Å²) in [5.41, 5.74) is 11.1. The molecule has 2 aromatic carbocycles. The maximum Gasteiger partial charge on any atom is 0.198 e. The van der Waals surface area contributed by atoms with Gasteiger partial charge in [0.05, 0.1) is 28.9 Å². The van der Waals surface area contributed by atoms with Gasteiger partial charge in [-0.3, -0.25) is 14.4 Å². The molecule has 3 aliphatic rings. The third-order valence-corrected chi connectivity index (χ3v) is 7.36. The van der Waals surface area contributed by atoms with Crippen LogP contribution in [0.1, 0.15) is 82.2 Å². The predicted octanol–water partition coefficient (Wildman–Crippen LogP) is 2.02. The summed E-state index contributed by atoms with van der Waals surface area (Å²) in [6, 6.07) is 6.07. The molecule has 1 fully saturated rings. The lowest BCUT2D eigenvalue weighted by Crippen LogP contribution is -2.53. The average Bonchev–Trinajstić information content (AvgIpc) is 2.78. The van der Waals surface area contributed by atoms with Crippen molar-refractivity contribution >= 4 is 17.3 Å². The number of phenols is 2. The van der Waals surface area contributed by atoms with E-state index < -0.39 is 41.0 Å². The highest BCUT2D eigenvalue weighted by atomic mass is 16.7. The van der Waals surface area contributed by atoms with Crippen LogP contribution in [0.2, 0.25) is 0 Å². The fraction of sp³-hybridized carbons (Fsp3) is 0.423. The summed E-state index contributed by atoms with van der Waals surface area (Å²) in [5, 5.41) is 22.7. The number of phenolic OH excluding ortho intramolecular Hbond substituents is 2. The standard InChI is InChI=1S/C26H28N2O7/c1-11-7-13(27)8-18(34-11)35-17-10-26(28,12(2)29)9-16-19(17)25(33)21-20(24(16)32)22(30)14-5-3-4-6-15(14)23(21)31/h3-6,11,13,17-18,32-33H,7-10,27-28H2,1-2H3/t11-,13+,17-,18-,26-/m0/s1. The van der Waals surface area contributed by atoms with E-state index in [4.69, 9.17) is 20.9 Å². The van der Waals surface area contributed by atoms with Crippen LogP contribution >= 0.6 is 0 Å². The highest BCUT2D eigenvalue weighted by Gasteiger charge is 2.47. The fourth-order valence-corrected chi connectivity index (χ4v) is 5.52. The molecule has 9 nitrogen and oxygen atoms in total. The second-order valence-corrected chi connectivity index (χ2v) is 9.87. The minimum Gasteiger partial charge on any atom is -0.507 e. The molecular weight excluding hydrogens is 452 g/mol. The Balaban J connectivity index is 1.68. The van der Waals surface area contributed by atoms with E-state index in [1.54, 1.807) is 12.1 Å². The summed E-state index contributed by atoms with van der Waals surface area (Å²) in [4.78, 5) is 39.2. The van der Waals surface area contributed by atoms with Crippen LogP contribution in [0.5, 0.6) is 11.5 Å². The highest BCUT2D eigenvalue weighted by Crippen LogP contribution is 2.51. The molecule has 1 heterocycles. The van der Waals surface area contributed by atoms with Crippen molar-refractivity contribution in [3.63, 3.8) is 0 Å². The number of ketones is 3. The molecule has 6 N–H and O–H groups in total. The molecule has 0 bridgehead atoms. The molecule has 5 rings (SSSR count). The first kappa shape index (κ1) is 23.6. The van der Waals surface area contributed by atoms with Crippen molar-refractivity contribution in [2.24, 2.45) is 11.5 Å². The van der Waals surface area contributed by atoms with Crippen LogP contribution in [0.3, 0.4) is 0 Å². The quantitative estimate of drug-likeness (QED) is 0.411. The summed E-state index contributed by atoms with van der Waals surface area (Å²) in [7, 11) is 0. The summed E-state index contributed by atoms with van der Waals surface area (Å²) in [5.74, 6) is -2.43. The number of hydrogen-bond donors (Lipinski definition) is 4. The molecular formula is C26H28N2O7. The van der Waals surface area contributed by atoms with Crippen LogP contribution in [-0.4, -0.2) is 51.5 Å². The Morgan fingerprint density at radius 2 is 1.69 bits per heavy atom. The zero-order valence-electron chi connectivity index (χ0n) is 19.5. The number of fused-ring (bicyclic) bond motifs is 3. The summed E-state index contributed by atoms with van der Waals surface area (Å²) < 4.78 is 12.1. The Kier molecular flexibility index (Phi) is 5.56. The minimum atomic E-state index is -1.42. The molecule has 2 aromatic rings. The van der Waals surface area contributed by atoms with Crippen LogP contribution in [0, 0.1) is 0 Å². The van der Waals surface area contributed by atoms with Crippen LogP contribution in [0.15, 0.2) is 24.3 Å². The summed E-state index contributed by atoms with van der Waals surface area (Å²) >= 11 is 0. The number of rotatable bonds is 3. The zero-order valence-corrected chi connectivity index (χ0v) is 19.5. The smallest absolute Gasteiger partial charge is 0.198 e. The zero-order chi connectivity index (χ0) is 25.2. The van der Waals surface area contributed by atoms with E-state index in [2.05, 4.69) is 0 Å². The number of carbonyl (C=O) groups is 3. The second kappa shape index (κ2) is 8.23. The average molecular weight is 481 g/mol. The van der Waals surface area contributed by atoms with Gasteiger partial charge in [-0.25, -0.2) is 0 Å². The van der Waals surface area contributed by atoms with E-state index in [1.165, 1.54) is 19.1 Å². The molecule has 0 amide bonds. The van der Waals surface area contributed by atoms with Crippen molar-refractivity contribution < 1.29 is 34.1 Å². The SMILES string of the molecule is CC(=O)[C@]1(N)Cc2c(O)c3c(c(O)c2[C@@H](O[C@H]2C[C@H](N)C[C@H](C)O2)C1)C(=O)c1ccccc1C3=O. The van der Waals surface area contributed by atoms with Gasteiger partial charge in [-0.05, 0) is 20.3 Å². The van der Waals surface area contributed by atoms with Crippen molar-refractivity contribution in [1.82, 2.24) is 0 Å². The van der Waals surface area contributed by atoms with E-state index in [0.29, 0.717) is 12.8 Å². The van der Waals surface area contributed by atoms with Crippen molar-refractivity contribution in [2.75, 3.05) is 0 Å². The number of nitrogens with two attached hydrogens (primary N) is 2. The molecule has 0 radical (unpaired) electrons. The van der Waals surface area contributed by atoms with Crippen LogP contribution in [0.25, 0.3) is 0 Å². The highest BCUT2D eigenvalue weighted by molar-refractivity contribution is 6.30. The van der Waals surface area contributed by atoms with E-state index in [1.807, 2.05) is 6.92 Å². The number of benzene rings is 2. The molecule has 0 unspecified atom stereocenters. The molecule has 5 atom stereocenters. The van der Waals surface area contributed by atoms with Gasteiger partial charge in [0, 0.05) is 47.6 Å². The minimum absolute atomic E-state index is 0.0106. The Morgan fingerprint density at radius 1 is 1.09 bits per heavy atom. The Hall–Kier alpha value is -3.11. The maximum atomic E-state index is 13.3. The van der Waals surface area contributed by atoms with Gasteiger partial charge in [0.15, 0.2) is 17.9 Å². The van der Waals surface area contributed by atoms with E-state index in [0.717, 1.165) is 0 Å². The topological polar surface area (TPSA) is 162 Å². The fourth-order valence-electron chi connectivity index (χ4n) is 5.52. The van der Waals surface area contributed by atoms with E-state index in [-0.39, 0.29) is 64.2 Å². The first-order valence-corrected chi connectivity index (χ1v) is 11.7. The third-order valence-electron chi connectivity index (χ3n) is 7.36. The lowest BCUT2D eigenvalue weighted by molar-refractivity contribution is -0.220. The summed E-state index contributed by atoms with van der Waals surface area (Å²) in [6.45, 7) is 3.21. The third kappa shape index (κ3) is 3.66. The van der Waals surface area contributed by atoms with Crippen molar-refractivity contribution in [1.29, 1.82) is 0 Å². The second-order valence-electron chi connectivity index (χ2n) is 9.87. The monoisotopic (exact) mass is 480 g/mol. The van der Waals surface area contributed by atoms with Gasteiger partial charge in [-0.1, -0.05) is 24.3 Å². The van der Waals surface area contributed by atoms with Crippen LogP contribution < -0.4 is 11.5 Å². The Bertz CT molecular complexity index is 1260. The maximum absolute atomic E-state index is 13.3. The number of carbonyl (C=O) groups excluding carboxylic acids is 3. The van der Waals surface area contributed by atoms with Gasteiger partial charge >= 0.3 is 0 Å². The number of ether oxygens (including phenoxy) is 2. The van der Waals surface area contributed by atoms with Gasteiger partial charge in [0.2, 0.25) is 0 Å². The first-order chi connectivity index (χ1) is 16.5. The van der Waals surface area contributed by atoms with E-state index in [9.17, 15) is 24.6 Å². The largest absolute Gasteiger partial charge is 0.507 e. The van der Waals surface area contributed by atoms with Crippen molar-refractivity contribution in [3.05, 3.63) is 57.6 Å². The van der Waals surface area contributed by atoms with Crippen LogP contribution in [0.4, 0.5) is 0 Å². The molecule has 184 valence electrons. The van der Waals surface area contributed by atoms with Crippen LogP contribution in [-0.2, 0) is 20.7 Å². The van der Waals surface area contributed by atoms with Crippen molar-refractivity contribution in [2.45, 2.75) is 69.6 Å². The van der Waals surface area contributed by atoms with E-state index >= 15 is 0 Å². The normalized spacial score (nSPS) is 29.8. The Labute approximate surface area is 202 Å².